The first-order valence-corrected chi connectivity index (χ1v) is 5.90. The Labute approximate surface area is 103 Å². The Morgan fingerprint density at radius 2 is 2.12 bits per heavy atom. The van der Waals surface area contributed by atoms with E-state index in [9.17, 15) is 0 Å². The molecule has 0 amide bonds. The zero-order chi connectivity index (χ0) is 11.4. The molecule has 3 nitrogen and oxygen atoms in total. The summed E-state index contributed by atoms with van der Waals surface area (Å²) in [5, 5.41) is 3.24. The van der Waals surface area contributed by atoms with Gasteiger partial charge in [0.05, 0.1) is 0 Å². The highest BCUT2D eigenvalue weighted by Crippen LogP contribution is 2.17. The van der Waals surface area contributed by atoms with Gasteiger partial charge < -0.3 is 5.32 Å². The monoisotopic (exact) mass is 277 g/mol. The van der Waals surface area contributed by atoms with Crippen LogP contribution in [0.2, 0.25) is 0 Å². The van der Waals surface area contributed by atoms with Crippen LogP contribution >= 0.6 is 15.9 Å². The smallest absolute Gasteiger partial charge is 0.134 e. The minimum atomic E-state index is 0.775. The Morgan fingerprint density at radius 1 is 1.25 bits per heavy atom. The minimum Gasteiger partial charge on any atom is -0.340 e. The van der Waals surface area contributed by atoms with E-state index in [1.165, 1.54) is 11.9 Å². The van der Waals surface area contributed by atoms with Gasteiger partial charge in [0.1, 0.15) is 16.7 Å². The van der Waals surface area contributed by atoms with Crippen LogP contribution in [-0.2, 0) is 6.42 Å². The van der Waals surface area contributed by atoms with Crippen molar-refractivity contribution in [3.05, 3.63) is 46.8 Å². The Kier molecular flexibility index (Phi) is 3.51. The van der Waals surface area contributed by atoms with Gasteiger partial charge in [-0.15, -0.1) is 0 Å². The van der Waals surface area contributed by atoms with E-state index in [0.717, 1.165) is 22.5 Å². The number of rotatable bonds is 3. The number of aryl methyl sites for hydroxylation is 1. The van der Waals surface area contributed by atoms with E-state index in [2.05, 4.69) is 50.3 Å². The van der Waals surface area contributed by atoms with E-state index in [1.54, 1.807) is 0 Å². The van der Waals surface area contributed by atoms with E-state index in [1.807, 2.05) is 18.2 Å². The lowest BCUT2D eigenvalue weighted by atomic mass is 10.1. The second kappa shape index (κ2) is 5.07. The Hall–Kier alpha value is -1.42. The normalized spacial score (nSPS) is 10.1. The van der Waals surface area contributed by atoms with Crippen LogP contribution in [0.4, 0.5) is 11.5 Å². The largest absolute Gasteiger partial charge is 0.340 e. The fraction of sp³-hybridized carbons (Fsp3) is 0.167. The molecule has 0 fully saturated rings. The fourth-order valence-corrected chi connectivity index (χ4v) is 1.73. The van der Waals surface area contributed by atoms with Crippen LogP contribution in [0.1, 0.15) is 12.5 Å². The molecule has 1 N–H and O–H groups in total. The number of hydrogen-bond donors (Lipinski definition) is 1. The molecular weight excluding hydrogens is 266 g/mol. The van der Waals surface area contributed by atoms with E-state index < -0.39 is 0 Å². The van der Waals surface area contributed by atoms with Crippen LogP contribution in [0.25, 0.3) is 0 Å². The molecule has 2 aromatic rings. The van der Waals surface area contributed by atoms with Gasteiger partial charge in [0.15, 0.2) is 0 Å². The molecule has 1 aromatic heterocycles. The average molecular weight is 278 g/mol. The molecule has 0 radical (unpaired) electrons. The van der Waals surface area contributed by atoms with Crippen molar-refractivity contribution >= 4 is 27.4 Å². The third kappa shape index (κ3) is 2.79. The molecule has 82 valence electrons. The summed E-state index contributed by atoms with van der Waals surface area (Å²) in [5.74, 6) is 0.787. The summed E-state index contributed by atoms with van der Waals surface area (Å²) in [6, 6.07) is 10.1. The van der Waals surface area contributed by atoms with Gasteiger partial charge in [-0.3, -0.25) is 0 Å². The minimum absolute atomic E-state index is 0.775. The number of nitrogens with one attached hydrogen (secondary N) is 1. The van der Waals surface area contributed by atoms with E-state index in [-0.39, 0.29) is 0 Å². The lowest BCUT2D eigenvalue weighted by Gasteiger charge is -2.06. The van der Waals surface area contributed by atoms with Crippen molar-refractivity contribution in [1.82, 2.24) is 9.97 Å². The zero-order valence-electron chi connectivity index (χ0n) is 8.94. The first kappa shape index (κ1) is 11.1. The number of aromatic nitrogens is 2. The lowest BCUT2D eigenvalue weighted by Crippen LogP contribution is -1.94. The maximum atomic E-state index is 4.14. The molecule has 0 saturated carbocycles. The van der Waals surface area contributed by atoms with Crippen LogP contribution in [0.5, 0.6) is 0 Å². The number of hydrogen-bond acceptors (Lipinski definition) is 3. The maximum Gasteiger partial charge on any atom is 0.134 e. The van der Waals surface area contributed by atoms with E-state index in [4.69, 9.17) is 0 Å². The molecule has 0 spiro atoms. The van der Waals surface area contributed by atoms with Gasteiger partial charge in [0.2, 0.25) is 0 Å². The molecule has 1 aromatic carbocycles. The first-order valence-electron chi connectivity index (χ1n) is 5.11. The standard InChI is InChI=1S/C12H12BrN3/c1-2-9-4-3-5-10(6-9)16-12-7-11(13)14-8-15-12/h3-8H,2H2,1H3,(H,14,15,16). The SMILES string of the molecule is CCc1cccc(Nc2cc(Br)ncn2)c1. The van der Waals surface area contributed by atoms with Gasteiger partial charge in [0.25, 0.3) is 0 Å². The lowest BCUT2D eigenvalue weighted by molar-refractivity contribution is 1.13. The van der Waals surface area contributed by atoms with Crippen molar-refractivity contribution in [3.63, 3.8) is 0 Å². The van der Waals surface area contributed by atoms with Crippen molar-refractivity contribution in [2.75, 3.05) is 5.32 Å². The Morgan fingerprint density at radius 3 is 2.88 bits per heavy atom. The van der Waals surface area contributed by atoms with Crippen molar-refractivity contribution < 1.29 is 0 Å². The molecule has 1 heterocycles. The molecule has 0 unspecified atom stereocenters. The van der Waals surface area contributed by atoms with Crippen molar-refractivity contribution in [2.24, 2.45) is 0 Å². The van der Waals surface area contributed by atoms with E-state index >= 15 is 0 Å². The average Bonchev–Trinajstić information content (AvgIpc) is 2.29. The molecule has 0 aliphatic carbocycles. The highest BCUT2D eigenvalue weighted by Gasteiger charge is 1.98. The van der Waals surface area contributed by atoms with E-state index in [0.29, 0.717) is 0 Å². The number of benzene rings is 1. The summed E-state index contributed by atoms with van der Waals surface area (Å²) < 4.78 is 0.775. The maximum absolute atomic E-state index is 4.14. The topological polar surface area (TPSA) is 37.8 Å². The van der Waals surface area contributed by atoms with Crippen molar-refractivity contribution in [2.45, 2.75) is 13.3 Å². The summed E-state index contributed by atoms with van der Waals surface area (Å²) in [6.45, 7) is 2.14. The van der Waals surface area contributed by atoms with Crippen molar-refractivity contribution in [1.29, 1.82) is 0 Å². The third-order valence-electron chi connectivity index (χ3n) is 2.24. The van der Waals surface area contributed by atoms with Gasteiger partial charge in [-0.05, 0) is 40.0 Å². The number of halogens is 1. The van der Waals surface area contributed by atoms with Crippen LogP contribution in [-0.4, -0.2) is 9.97 Å². The molecule has 4 heteroatoms. The van der Waals surface area contributed by atoms with Gasteiger partial charge >= 0.3 is 0 Å². The molecule has 0 aliphatic heterocycles. The molecule has 0 aliphatic rings. The second-order valence-electron chi connectivity index (χ2n) is 3.40. The number of anilines is 2. The summed E-state index contributed by atoms with van der Waals surface area (Å²) in [5.41, 5.74) is 2.35. The third-order valence-corrected chi connectivity index (χ3v) is 2.68. The van der Waals surface area contributed by atoms with Crippen LogP contribution in [0.3, 0.4) is 0 Å². The van der Waals surface area contributed by atoms with Gasteiger partial charge in [-0.1, -0.05) is 19.1 Å². The molecule has 0 atom stereocenters. The number of nitrogens with zero attached hydrogens (tertiary/aromatic N) is 2. The second-order valence-corrected chi connectivity index (χ2v) is 4.22. The molecule has 0 bridgehead atoms. The van der Waals surface area contributed by atoms with Gasteiger partial charge in [0, 0.05) is 11.8 Å². The van der Waals surface area contributed by atoms with Crippen LogP contribution in [0.15, 0.2) is 41.3 Å². The summed E-state index contributed by atoms with van der Waals surface area (Å²) in [4.78, 5) is 8.12. The van der Waals surface area contributed by atoms with Crippen LogP contribution < -0.4 is 5.32 Å². The Bertz CT molecular complexity index is 485. The quantitative estimate of drug-likeness (QED) is 0.872. The summed E-state index contributed by atoms with van der Waals surface area (Å²) in [7, 11) is 0. The summed E-state index contributed by atoms with van der Waals surface area (Å²) in [6.07, 6.45) is 2.55. The Balaban J connectivity index is 2.20. The first-order chi connectivity index (χ1) is 7.78. The highest BCUT2D eigenvalue weighted by atomic mass is 79.9. The van der Waals surface area contributed by atoms with Gasteiger partial charge in [-0.25, -0.2) is 9.97 Å². The predicted molar refractivity (Wildman–Crippen MR) is 68.8 cm³/mol. The zero-order valence-corrected chi connectivity index (χ0v) is 10.5. The molecule has 0 saturated heterocycles. The highest BCUT2D eigenvalue weighted by molar-refractivity contribution is 9.10. The van der Waals surface area contributed by atoms with Gasteiger partial charge in [-0.2, -0.15) is 0 Å². The fourth-order valence-electron chi connectivity index (χ4n) is 1.42. The van der Waals surface area contributed by atoms with Crippen LogP contribution in [0, 0.1) is 0 Å². The van der Waals surface area contributed by atoms with Crippen molar-refractivity contribution in [3.8, 4) is 0 Å². The molecule has 16 heavy (non-hydrogen) atoms. The summed E-state index contributed by atoms with van der Waals surface area (Å²) >= 11 is 3.31. The molecule has 2 rings (SSSR count). The molecular formula is C12H12BrN3. The predicted octanol–water partition coefficient (Wildman–Crippen LogP) is 3.55.